The van der Waals surface area contributed by atoms with Crippen LogP contribution in [0.1, 0.15) is 20.7 Å². The molecule has 0 aromatic heterocycles. The quantitative estimate of drug-likeness (QED) is 0.885. The van der Waals surface area contributed by atoms with Gasteiger partial charge in [0.2, 0.25) is 0 Å². The Morgan fingerprint density at radius 2 is 1.32 bits per heavy atom. The Balaban J connectivity index is 1.88. The first-order valence-electron chi connectivity index (χ1n) is 8.31. The van der Waals surface area contributed by atoms with Crippen LogP contribution in [0.2, 0.25) is 0 Å². The predicted molar refractivity (Wildman–Crippen MR) is 99.6 cm³/mol. The first-order valence-corrected chi connectivity index (χ1v) is 8.31. The molecule has 4 heteroatoms. The number of anilines is 3. The monoisotopic (exact) mass is 330 g/mol. The summed E-state index contributed by atoms with van der Waals surface area (Å²) in [5.74, 6) is -0.866. The standard InChI is InChI=1S/C21H18N2O2/c1-22-16-11-12-17(23-13-7-3-2-4-8-13)19-18(16)20(24)14-9-5-6-10-15(14)21(19)25/h2-12,14-15,22-23H,1H3. The highest BCUT2D eigenvalue weighted by atomic mass is 16.1. The molecular weight excluding hydrogens is 312 g/mol. The van der Waals surface area contributed by atoms with Gasteiger partial charge in [0, 0.05) is 18.4 Å². The van der Waals surface area contributed by atoms with Gasteiger partial charge in [-0.05, 0) is 24.3 Å². The van der Waals surface area contributed by atoms with Crippen molar-refractivity contribution in [2.45, 2.75) is 0 Å². The largest absolute Gasteiger partial charge is 0.388 e. The van der Waals surface area contributed by atoms with Crippen LogP contribution in [0.5, 0.6) is 0 Å². The molecule has 0 saturated heterocycles. The Kier molecular flexibility index (Phi) is 3.73. The van der Waals surface area contributed by atoms with Gasteiger partial charge < -0.3 is 10.6 Å². The lowest BCUT2D eigenvalue weighted by atomic mass is 9.71. The van der Waals surface area contributed by atoms with E-state index in [2.05, 4.69) is 10.6 Å². The summed E-state index contributed by atoms with van der Waals surface area (Å²) >= 11 is 0. The molecule has 0 spiro atoms. The summed E-state index contributed by atoms with van der Waals surface area (Å²) in [7, 11) is 1.76. The highest BCUT2D eigenvalue weighted by Crippen LogP contribution is 2.41. The minimum absolute atomic E-state index is 0.0127. The summed E-state index contributed by atoms with van der Waals surface area (Å²) in [6, 6.07) is 13.3. The molecule has 0 bridgehead atoms. The maximum absolute atomic E-state index is 13.2. The molecule has 0 amide bonds. The van der Waals surface area contributed by atoms with Gasteiger partial charge in [0.1, 0.15) is 0 Å². The first-order chi connectivity index (χ1) is 12.2. The van der Waals surface area contributed by atoms with Gasteiger partial charge in [0.05, 0.1) is 28.7 Å². The maximum atomic E-state index is 13.2. The van der Waals surface area contributed by atoms with Gasteiger partial charge in [-0.15, -0.1) is 0 Å². The summed E-state index contributed by atoms with van der Waals surface area (Å²) in [6.45, 7) is 0. The Morgan fingerprint density at radius 1 is 0.760 bits per heavy atom. The van der Waals surface area contributed by atoms with Crippen LogP contribution in [0.3, 0.4) is 0 Å². The van der Waals surface area contributed by atoms with E-state index in [1.54, 1.807) is 7.05 Å². The number of nitrogens with one attached hydrogen (secondary N) is 2. The summed E-state index contributed by atoms with van der Waals surface area (Å²) in [5, 5.41) is 6.34. The zero-order valence-corrected chi connectivity index (χ0v) is 13.8. The number of fused-ring (bicyclic) bond motifs is 2. The summed E-state index contributed by atoms with van der Waals surface area (Å²) in [4.78, 5) is 26.2. The third-order valence-corrected chi connectivity index (χ3v) is 4.76. The molecule has 2 aromatic rings. The zero-order chi connectivity index (χ0) is 17.4. The first kappa shape index (κ1) is 15.4. The second-order valence-electron chi connectivity index (χ2n) is 6.20. The van der Waals surface area contributed by atoms with Crippen molar-refractivity contribution >= 4 is 28.6 Å². The summed E-state index contributed by atoms with van der Waals surface area (Å²) < 4.78 is 0. The van der Waals surface area contributed by atoms with Crippen LogP contribution >= 0.6 is 0 Å². The molecule has 2 aromatic carbocycles. The van der Waals surface area contributed by atoms with Gasteiger partial charge in [-0.25, -0.2) is 0 Å². The van der Waals surface area contributed by atoms with E-state index in [-0.39, 0.29) is 11.6 Å². The number of rotatable bonds is 3. The number of para-hydroxylation sites is 1. The van der Waals surface area contributed by atoms with Gasteiger partial charge >= 0.3 is 0 Å². The fourth-order valence-corrected chi connectivity index (χ4v) is 3.55. The maximum Gasteiger partial charge on any atom is 0.173 e. The molecule has 25 heavy (non-hydrogen) atoms. The lowest BCUT2D eigenvalue weighted by molar-refractivity contribution is 0.0803. The van der Waals surface area contributed by atoms with Crippen LogP contribution in [-0.2, 0) is 0 Å². The van der Waals surface area contributed by atoms with Crippen LogP contribution in [0.25, 0.3) is 0 Å². The van der Waals surface area contributed by atoms with E-state index >= 15 is 0 Å². The van der Waals surface area contributed by atoms with Crippen LogP contribution in [0, 0.1) is 11.8 Å². The molecule has 124 valence electrons. The number of ketones is 2. The van der Waals surface area contributed by atoms with E-state index < -0.39 is 11.8 Å². The zero-order valence-electron chi connectivity index (χ0n) is 13.8. The van der Waals surface area contributed by atoms with Gasteiger partial charge in [-0.1, -0.05) is 42.5 Å². The van der Waals surface area contributed by atoms with E-state index in [9.17, 15) is 9.59 Å². The highest BCUT2D eigenvalue weighted by molar-refractivity contribution is 6.22. The normalized spacial score (nSPS) is 20.8. The molecule has 4 nitrogen and oxygen atoms in total. The fraction of sp³-hybridized carbons (Fsp3) is 0.143. The van der Waals surface area contributed by atoms with Crippen molar-refractivity contribution < 1.29 is 9.59 Å². The van der Waals surface area contributed by atoms with Crippen LogP contribution < -0.4 is 10.6 Å². The van der Waals surface area contributed by atoms with Crippen molar-refractivity contribution in [2.75, 3.05) is 17.7 Å². The predicted octanol–water partition coefficient (Wildman–Crippen LogP) is 4.21. The molecule has 2 aliphatic carbocycles. The van der Waals surface area contributed by atoms with E-state index in [1.165, 1.54) is 0 Å². The van der Waals surface area contributed by atoms with E-state index in [0.29, 0.717) is 22.5 Å². The number of Topliss-reactive ketones (excluding diaryl/α,β-unsaturated/α-hetero) is 2. The Morgan fingerprint density at radius 3 is 1.92 bits per heavy atom. The topological polar surface area (TPSA) is 58.2 Å². The van der Waals surface area contributed by atoms with Crippen molar-refractivity contribution in [2.24, 2.45) is 11.8 Å². The molecule has 2 unspecified atom stereocenters. The van der Waals surface area contributed by atoms with Crippen LogP contribution in [-0.4, -0.2) is 18.6 Å². The molecule has 0 fully saturated rings. The number of hydrogen-bond donors (Lipinski definition) is 2. The fourth-order valence-electron chi connectivity index (χ4n) is 3.55. The Hall–Kier alpha value is -3.14. The number of allylic oxidation sites excluding steroid dienone is 4. The SMILES string of the molecule is CNc1ccc(Nc2ccccc2)c2c1C(=O)C1C=CC=CC1C2=O. The van der Waals surface area contributed by atoms with Gasteiger partial charge in [-0.2, -0.15) is 0 Å². The van der Waals surface area contributed by atoms with Crippen molar-refractivity contribution in [3.8, 4) is 0 Å². The molecule has 0 saturated carbocycles. The summed E-state index contributed by atoms with van der Waals surface area (Å²) in [5.41, 5.74) is 3.19. The van der Waals surface area contributed by atoms with E-state index in [4.69, 9.17) is 0 Å². The van der Waals surface area contributed by atoms with E-state index in [1.807, 2.05) is 66.8 Å². The third kappa shape index (κ3) is 2.47. The smallest absolute Gasteiger partial charge is 0.173 e. The highest BCUT2D eigenvalue weighted by Gasteiger charge is 2.42. The Bertz CT molecular complexity index is 913. The molecule has 0 aliphatic heterocycles. The molecule has 2 N–H and O–H groups in total. The molecule has 0 radical (unpaired) electrons. The average molecular weight is 330 g/mol. The second kappa shape index (κ2) is 6.06. The molecular formula is C21H18N2O2. The second-order valence-corrected chi connectivity index (χ2v) is 6.20. The molecule has 0 heterocycles. The van der Waals surface area contributed by atoms with Gasteiger partial charge in [0.15, 0.2) is 11.6 Å². The minimum atomic E-state index is -0.423. The lowest BCUT2D eigenvalue weighted by Gasteiger charge is -2.31. The number of carbonyl (C=O) groups excluding carboxylic acids is 2. The number of benzene rings is 2. The van der Waals surface area contributed by atoms with Crippen molar-refractivity contribution in [3.63, 3.8) is 0 Å². The molecule has 4 rings (SSSR count). The van der Waals surface area contributed by atoms with Crippen molar-refractivity contribution in [3.05, 3.63) is 77.9 Å². The van der Waals surface area contributed by atoms with Crippen LogP contribution in [0.4, 0.5) is 17.1 Å². The van der Waals surface area contributed by atoms with Crippen molar-refractivity contribution in [1.29, 1.82) is 0 Å². The van der Waals surface area contributed by atoms with Gasteiger partial charge in [-0.3, -0.25) is 9.59 Å². The van der Waals surface area contributed by atoms with Gasteiger partial charge in [0.25, 0.3) is 0 Å². The summed E-state index contributed by atoms with van der Waals surface area (Å²) in [6.07, 6.45) is 7.32. The molecule has 2 aliphatic rings. The Labute approximate surface area is 146 Å². The number of hydrogen-bond acceptors (Lipinski definition) is 4. The van der Waals surface area contributed by atoms with E-state index in [0.717, 1.165) is 5.69 Å². The number of carbonyl (C=O) groups is 2. The third-order valence-electron chi connectivity index (χ3n) is 4.76. The van der Waals surface area contributed by atoms with Crippen LogP contribution in [0.15, 0.2) is 66.8 Å². The molecule has 2 atom stereocenters. The van der Waals surface area contributed by atoms with Crippen molar-refractivity contribution in [1.82, 2.24) is 0 Å². The average Bonchev–Trinajstić information content (AvgIpc) is 2.66. The minimum Gasteiger partial charge on any atom is -0.388 e. The lowest BCUT2D eigenvalue weighted by Crippen LogP contribution is -2.36.